The number of anilines is 1. The van der Waals surface area contributed by atoms with Crippen molar-refractivity contribution in [3.8, 4) is 0 Å². The van der Waals surface area contributed by atoms with Crippen molar-refractivity contribution < 1.29 is 22.7 Å². The Hall–Kier alpha value is -1.93. The van der Waals surface area contributed by atoms with Gasteiger partial charge in [0.1, 0.15) is 0 Å². The number of nitrogens with one attached hydrogen (secondary N) is 1. The summed E-state index contributed by atoms with van der Waals surface area (Å²) in [7, 11) is -3.63. The average Bonchev–Trinajstić information content (AvgIpc) is 2.60. The van der Waals surface area contributed by atoms with Crippen LogP contribution in [0, 0.1) is 6.92 Å². The molecule has 7 nitrogen and oxygen atoms in total. The van der Waals surface area contributed by atoms with Crippen LogP contribution in [0.2, 0.25) is 0 Å². The highest BCUT2D eigenvalue weighted by atomic mass is 32.2. The van der Waals surface area contributed by atoms with Crippen LogP contribution in [0.5, 0.6) is 0 Å². The number of rotatable bonds is 10. The fourth-order valence-corrected chi connectivity index (χ4v) is 4.10. The first kappa shape index (κ1) is 22.1. The molecule has 0 bridgehead atoms. The number of aryl methyl sites for hydroxylation is 1. The van der Waals surface area contributed by atoms with Crippen LogP contribution in [-0.4, -0.2) is 44.3 Å². The monoisotopic (exact) mass is 384 g/mol. The second kappa shape index (κ2) is 10.3. The average molecular weight is 384 g/mol. The lowest BCUT2D eigenvalue weighted by molar-refractivity contribution is -0.147. The summed E-state index contributed by atoms with van der Waals surface area (Å²) >= 11 is 0. The zero-order chi connectivity index (χ0) is 19.7. The zero-order valence-corrected chi connectivity index (χ0v) is 16.7. The van der Waals surface area contributed by atoms with E-state index in [1.54, 1.807) is 32.9 Å². The first-order chi connectivity index (χ1) is 12.3. The Bertz CT molecular complexity index is 727. The maximum absolute atomic E-state index is 12.7. The molecule has 1 aromatic rings. The van der Waals surface area contributed by atoms with E-state index in [9.17, 15) is 18.0 Å². The molecule has 0 aliphatic rings. The Labute approximate surface area is 155 Å². The maximum atomic E-state index is 12.7. The molecule has 1 rings (SSSR count). The number of sulfonamides is 1. The molecule has 0 aliphatic carbocycles. The zero-order valence-electron chi connectivity index (χ0n) is 15.9. The Balaban J connectivity index is 2.84. The topological polar surface area (TPSA) is 92.8 Å². The van der Waals surface area contributed by atoms with Gasteiger partial charge in [0.05, 0.1) is 4.90 Å². The van der Waals surface area contributed by atoms with Gasteiger partial charge in [-0.1, -0.05) is 33.3 Å². The van der Waals surface area contributed by atoms with Crippen molar-refractivity contribution in [3.05, 3.63) is 23.8 Å². The highest BCUT2D eigenvalue weighted by molar-refractivity contribution is 7.89. The summed E-state index contributed by atoms with van der Waals surface area (Å²) in [4.78, 5) is 23.5. The Morgan fingerprint density at radius 2 is 1.81 bits per heavy atom. The number of hydrogen-bond acceptors (Lipinski definition) is 5. The van der Waals surface area contributed by atoms with E-state index >= 15 is 0 Å². The number of carbonyl (C=O) groups is 2. The lowest BCUT2D eigenvalue weighted by atomic mass is 10.2. The van der Waals surface area contributed by atoms with E-state index in [1.807, 2.05) is 6.92 Å². The lowest BCUT2D eigenvalue weighted by Crippen LogP contribution is -2.31. The minimum absolute atomic E-state index is 0.152. The van der Waals surface area contributed by atoms with Crippen LogP contribution in [-0.2, 0) is 24.3 Å². The molecule has 26 heavy (non-hydrogen) atoms. The van der Waals surface area contributed by atoms with Crippen molar-refractivity contribution >= 4 is 27.6 Å². The van der Waals surface area contributed by atoms with Gasteiger partial charge in [-0.05, 0) is 31.0 Å². The van der Waals surface area contributed by atoms with Gasteiger partial charge in [-0.2, -0.15) is 4.31 Å². The number of hydrogen-bond donors (Lipinski definition) is 1. The SMILES string of the molecule is CCCCC(=O)OCC(=O)Nc1ccc(C)c(S(=O)(=O)N(CC)CC)c1. The predicted octanol–water partition coefficient (Wildman–Crippen LogP) is 2.70. The summed E-state index contributed by atoms with van der Waals surface area (Å²) < 4.78 is 31.7. The van der Waals surface area contributed by atoms with Gasteiger partial charge in [-0.3, -0.25) is 9.59 Å². The minimum atomic E-state index is -3.63. The smallest absolute Gasteiger partial charge is 0.306 e. The third-order valence-corrected chi connectivity index (χ3v) is 6.09. The van der Waals surface area contributed by atoms with Crippen molar-refractivity contribution in [2.45, 2.75) is 51.9 Å². The summed E-state index contributed by atoms with van der Waals surface area (Å²) in [6.45, 7) is 7.54. The molecule has 0 saturated carbocycles. The molecule has 0 aromatic heterocycles. The number of amides is 1. The molecule has 0 spiro atoms. The minimum Gasteiger partial charge on any atom is -0.456 e. The summed E-state index contributed by atoms with van der Waals surface area (Å²) in [6, 6.07) is 4.69. The molecule has 8 heteroatoms. The van der Waals surface area contributed by atoms with Crippen LogP contribution in [0.25, 0.3) is 0 Å². The number of nitrogens with zero attached hydrogens (tertiary/aromatic N) is 1. The first-order valence-corrected chi connectivity index (χ1v) is 10.3. The van der Waals surface area contributed by atoms with E-state index < -0.39 is 28.5 Å². The number of benzene rings is 1. The molecule has 1 amide bonds. The van der Waals surface area contributed by atoms with Crippen LogP contribution in [0.4, 0.5) is 5.69 Å². The molecule has 0 heterocycles. The maximum Gasteiger partial charge on any atom is 0.306 e. The highest BCUT2D eigenvalue weighted by Crippen LogP contribution is 2.23. The molecular weight excluding hydrogens is 356 g/mol. The van der Waals surface area contributed by atoms with Crippen molar-refractivity contribution in [1.29, 1.82) is 0 Å². The van der Waals surface area contributed by atoms with Gasteiger partial charge in [0.2, 0.25) is 10.0 Å². The van der Waals surface area contributed by atoms with Crippen molar-refractivity contribution in [3.63, 3.8) is 0 Å². The van der Waals surface area contributed by atoms with Crippen molar-refractivity contribution in [2.75, 3.05) is 25.0 Å². The number of carbonyl (C=O) groups excluding carboxylic acids is 2. The molecule has 1 N–H and O–H groups in total. The van der Waals surface area contributed by atoms with E-state index in [0.29, 0.717) is 30.8 Å². The van der Waals surface area contributed by atoms with Gasteiger partial charge >= 0.3 is 5.97 Å². The third-order valence-electron chi connectivity index (χ3n) is 3.89. The third kappa shape index (κ3) is 6.10. The van der Waals surface area contributed by atoms with Gasteiger partial charge in [-0.15, -0.1) is 0 Å². The second-order valence-electron chi connectivity index (χ2n) is 5.88. The molecule has 0 saturated heterocycles. The first-order valence-electron chi connectivity index (χ1n) is 8.82. The predicted molar refractivity (Wildman–Crippen MR) is 100 cm³/mol. The molecule has 1 aromatic carbocycles. The van der Waals surface area contributed by atoms with Crippen LogP contribution in [0.3, 0.4) is 0 Å². The van der Waals surface area contributed by atoms with Gasteiger partial charge in [0.15, 0.2) is 6.61 Å². The largest absolute Gasteiger partial charge is 0.456 e. The summed E-state index contributed by atoms with van der Waals surface area (Å²) in [6.07, 6.45) is 1.86. The molecule has 0 unspecified atom stereocenters. The van der Waals surface area contributed by atoms with Gasteiger partial charge in [0, 0.05) is 25.2 Å². The van der Waals surface area contributed by atoms with Crippen LogP contribution in [0.15, 0.2) is 23.1 Å². The standard InChI is InChI=1S/C18H28N2O5S/c1-5-8-9-18(22)25-13-17(21)19-15-11-10-14(4)16(12-15)26(23,24)20(6-2)7-3/h10-12H,5-9,13H2,1-4H3,(H,19,21). The second-order valence-corrected chi connectivity index (χ2v) is 7.79. The van der Waals surface area contributed by atoms with E-state index in [4.69, 9.17) is 4.74 Å². The van der Waals surface area contributed by atoms with Gasteiger partial charge < -0.3 is 10.1 Å². The van der Waals surface area contributed by atoms with E-state index in [-0.39, 0.29) is 11.3 Å². The molecule has 0 atom stereocenters. The fraction of sp³-hybridized carbons (Fsp3) is 0.556. The summed E-state index contributed by atoms with van der Waals surface area (Å²) in [5.74, 6) is -0.930. The molecule has 0 aliphatic heterocycles. The highest BCUT2D eigenvalue weighted by Gasteiger charge is 2.24. The van der Waals surface area contributed by atoms with Crippen LogP contribution < -0.4 is 5.32 Å². The van der Waals surface area contributed by atoms with Crippen molar-refractivity contribution in [2.24, 2.45) is 0 Å². The Morgan fingerprint density at radius 3 is 2.38 bits per heavy atom. The van der Waals surface area contributed by atoms with Crippen LogP contribution in [0.1, 0.15) is 45.6 Å². The van der Waals surface area contributed by atoms with Gasteiger partial charge in [-0.25, -0.2) is 8.42 Å². The Kier molecular flexibility index (Phi) is 8.74. The lowest BCUT2D eigenvalue weighted by Gasteiger charge is -2.20. The number of esters is 1. The van der Waals surface area contributed by atoms with E-state index in [2.05, 4.69) is 5.32 Å². The summed E-state index contributed by atoms with van der Waals surface area (Å²) in [5.41, 5.74) is 0.942. The normalized spacial score (nSPS) is 11.4. The molecule has 0 radical (unpaired) electrons. The Morgan fingerprint density at radius 1 is 1.15 bits per heavy atom. The van der Waals surface area contributed by atoms with Crippen molar-refractivity contribution in [1.82, 2.24) is 4.31 Å². The fourth-order valence-electron chi connectivity index (χ4n) is 2.39. The molecule has 0 fully saturated rings. The van der Waals surface area contributed by atoms with Gasteiger partial charge in [0.25, 0.3) is 5.91 Å². The van der Waals surface area contributed by atoms with E-state index in [1.165, 1.54) is 10.4 Å². The molecule has 146 valence electrons. The summed E-state index contributed by atoms with van der Waals surface area (Å²) in [5, 5.41) is 2.57. The quantitative estimate of drug-likeness (QED) is 0.626. The van der Waals surface area contributed by atoms with E-state index in [0.717, 1.165) is 6.42 Å². The molecular formula is C18H28N2O5S. The number of unbranched alkanes of at least 4 members (excludes halogenated alkanes) is 1. The van der Waals surface area contributed by atoms with Crippen LogP contribution >= 0.6 is 0 Å². The number of ether oxygens (including phenoxy) is 1.